The molecule has 4 nitrogen and oxygen atoms in total. The summed E-state index contributed by atoms with van der Waals surface area (Å²) in [5.74, 6) is 0. The van der Waals surface area contributed by atoms with Crippen molar-refractivity contribution in [2.24, 2.45) is 0 Å². The molecule has 0 bridgehead atoms. The predicted molar refractivity (Wildman–Crippen MR) is 37.1 cm³/mol. The van der Waals surface area contributed by atoms with Gasteiger partial charge >= 0.3 is 182 Å². The summed E-state index contributed by atoms with van der Waals surface area (Å²) in [7, 11) is 13.8. The van der Waals surface area contributed by atoms with Gasteiger partial charge in [0.15, 0.2) is 0 Å². The van der Waals surface area contributed by atoms with Crippen LogP contribution in [0.1, 0.15) is 0 Å². The zero-order valence-corrected chi connectivity index (χ0v) is 18.7. The van der Waals surface area contributed by atoms with Gasteiger partial charge in [-0.3, -0.25) is 0 Å². The van der Waals surface area contributed by atoms with Gasteiger partial charge in [-0.05, 0) is 0 Å². The first-order chi connectivity index (χ1) is 5.83. The molecule has 0 unspecified atom stereocenters. The van der Waals surface area contributed by atoms with Crippen molar-refractivity contribution in [1.82, 2.24) is 0 Å². The van der Waals surface area contributed by atoms with Crippen LogP contribution in [0.2, 0.25) is 0 Å². The fourth-order valence-corrected chi connectivity index (χ4v) is 0. The number of hydrogen-bond acceptors (Lipinski definition) is 4. The molecule has 0 fully saturated rings. The monoisotopic (exact) mass is 491 g/mol. The van der Waals surface area contributed by atoms with Gasteiger partial charge < -0.3 is 0 Å². The van der Waals surface area contributed by atoms with Crippen LogP contribution in [-0.4, -0.2) is 30.8 Å². The Morgan fingerprint density at radius 3 is 1.14 bits per heavy atom. The fraction of sp³-hybridized carbons (Fsp3) is 0. The van der Waals surface area contributed by atoms with Crippen LogP contribution in [0.5, 0.6) is 0 Å². The maximum atomic E-state index is 8.58. The second-order valence-corrected chi connectivity index (χ2v) is 6.91. The first-order valence-corrected chi connectivity index (χ1v) is 13.7. The van der Waals surface area contributed by atoms with E-state index in [9.17, 15) is 0 Å². The summed E-state index contributed by atoms with van der Waals surface area (Å²) in [6.45, 7) is 0. The van der Waals surface area contributed by atoms with E-state index >= 15 is 0 Å². The van der Waals surface area contributed by atoms with E-state index in [2.05, 4.69) is 45.4 Å². The molecule has 0 radical (unpaired) electrons. The van der Waals surface area contributed by atoms with Gasteiger partial charge in [-0.2, -0.15) is 0 Å². The van der Waals surface area contributed by atoms with Gasteiger partial charge in [0.1, 0.15) is 0 Å². The van der Waals surface area contributed by atoms with Gasteiger partial charge in [-0.25, -0.2) is 0 Å². The molecule has 0 aliphatic rings. The molecule has 0 N–H and O–H groups in total. The Balaban J connectivity index is -0.0000000267. The van der Waals surface area contributed by atoms with Gasteiger partial charge in [0.25, 0.3) is 0 Å². The Labute approximate surface area is 177 Å². The summed E-state index contributed by atoms with van der Waals surface area (Å²) in [5, 5.41) is 0. The molecular formula is CaCl5CuKMn2O4. The molecule has 0 aliphatic carbocycles. The molecule has 0 heterocycles. The van der Waals surface area contributed by atoms with Gasteiger partial charge in [0.05, 0.1) is 0 Å². The molecule has 0 spiro atoms. The molecule has 0 aromatic carbocycles. The third-order valence-corrected chi connectivity index (χ3v) is 0. The Bertz CT molecular complexity index is 174. The Morgan fingerprint density at radius 2 is 1.14 bits per heavy atom. The van der Waals surface area contributed by atoms with Gasteiger partial charge in [-0.15, -0.1) is 0 Å². The van der Waals surface area contributed by atoms with Crippen LogP contribution in [0, 0.1) is 0 Å². The van der Waals surface area contributed by atoms with Crippen molar-refractivity contribution in [1.29, 1.82) is 0 Å². The van der Waals surface area contributed by atoms with Gasteiger partial charge in [0.2, 0.25) is 0 Å². The van der Waals surface area contributed by atoms with Gasteiger partial charge in [0, 0.05) is 0 Å². The molecule has 0 aromatic rings. The normalized spacial score (nSPS) is 6.79. The Hall–Kier alpha value is 5.26. The molecule has 87 valence electrons. The third kappa shape index (κ3) is 165. The molecule has 14 heteroatoms. The Morgan fingerprint density at radius 1 is 1.14 bits per heavy atom. The van der Waals surface area contributed by atoms with Gasteiger partial charge in [-0.1, -0.05) is 0 Å². The molecule has 0 saturated heterocycles. The predicted octanol–water partition coefficient (Wildman–Crippen LogP) is -1.48. The van der Waals surface area contributed by atoms with E-state index in [1.54, 1.807) is 0 Å². The van der Waals surface area contributed by atoms with Crippen LogP contribution in [0.4, 0.5) is 0 Å². The summed E-state index contributed by atoms with van der Waals surface area (Å²) < 4.78 is 34.3. The molecule has 0 amide bonds. The van der Waals surface area contributed by atoms with Crippen molar-refractivity contribution in [3.05, 3.63) is 0 Å². The van der Waals surface area contributed by atoms with Crippen molar-refractivity contribution in [2.75, 3.05) is 0 Å². The zero-order chi connectivity index (χ0) is 11.9. The number of halogens is 5. The standard InChI is InChI=1S/Ca.5ClH.Cu.K.2Mn.4O/h;5*1H;;;;;;;;/q+2;;;;;;+2;+1;;+1;;;;-1/p-5. The number of rotatable bonds is 0. The zero-order valence-electron chi connectivity index (χ0n) is 6.29. The van der Waals surface area contributed by atoms with E-state index in [4.69, 9.17) is 28.5 Å². The topological polar surface area (TPSA) is 74.3 Å². The second kappa shape index (κ2) is 30.9. The first-order valence-electron chi connectivity index (χ1n) is 1.52. The maximum absolute atomic E-state index is 8.58. The Kier molecular flexibility index (Phi) is 69.8. The summed E-state index contributed by atoms with van der Waals surface area (Å²) in [6, 6.07) is 0. The SMILES string of the molecule is [Cl][Ca][Cl].[Cl][Cu][Cl].[Cl][Mn].[K+].[O]=[Mn](=[O])(=[O])[O-]. The summed E-state index contributed by atoms with van der Waals surface area (Å²) >= 11 is -3.39. The minimum absolute atomic E-state index is 0. The van der Waals surface area contributed by atoms with E-state index < -0.39 is 43.8 Å². The van der Waals surface area contributed by atoms with E-state index in [-0.39, 0.29) is 51.4 Å². The summed E-state index contributed by atoms with van der Waals surface area (Å²) in [4.78, 5) is 0. The second-order valence-electron chi connectivity index (χ2n) is 0.522. The van der Waals surface area contributed by atoms with E-state index in [0.717, 1.165) is 13.1 Å². The molecule has 0 aliphatic heterocycles. The molecular weight excluding hydrogens is 494 g/mol. The van der Waals surface area contributed by atoms with Crippen LogP contribution < -0.4 is 55.6 Å². The molecule has 0 saturated carbocycles. The molecule has 0 aromatic heterocycles. The molecule has 14 heavy (non-hydrogen) atoms. The van der Waals surface area contributed by atoms with E-state index in [0.29, 0.717) is 0 Å². The fourth-order valence-electron chi connectivity index (χ4n) is 0. The summed E-state index contributed by atoms with van der Waals surface area (Å²) in [5.41, 5.74) is 0. The number of hydrogen-bond donors (Lipinski definition) is 0. The average molecular weight is 494 g/mol. The third-order valence-electron chi connectivity index (χ3n) is 0. The quantitative estimate of drug-likeness (QED) is 0.386. The van der Waals surface area contributed by atoms with Crippen LogP contribution in [0.15, 0.2) is 0 Å². The van der Waals surface area contributed by atoms with Crippen LogP contribution >= 0.6 is 43.1 Å². The van der Waals surface area contributed by atoms with E-state index in [1.807, 2.05) is 0 Å². The van der Waals surface area contributed by atoms with Crippen molar-refractivity contribution in [2.45, 2.75) is 0 Å². The summed E-state index contributed by atoms with van der Waals surface area (Å²) in [6.07, 6.45) is 9.90. The average Bonchev–Trinajstić information content (AvgIpc) is 1.90. The van der Waals surface area contributed by atoms with Crippen LogP contribution in [-0.2, 0) is 52.7 Å². The molecule has 0 rings (SSSR count). The van der Waals surface area contributed by atoms with Crippen molar-refractivity contribution < 1.29 is 108 Å². The van der Waals surface area contributed by atoms with E-state index in [1.165, 1.54) is 0 Å². The van der Waals surface area contributed by atoms with Crippen LogP contribution in [0.25, 0.3) is 0 Å². The first kappa shape index (κ1) is 31.6. The van der Waals surface area contributed by atoms with Crippen LogP contribution in [0.3, 0.4) is 0 Å². The minimum atomic E-state index is -5.62. The molecule has 0 atom stereocenters. The van der Waals surface area contributed by atoms with Crippen molar-refractivity contribution >= 4 is 73.9 Å². The van der Waals surface area contributed by atoms with Crippen molar-refractivity contribution in [3.8, 4) is 0 Å². The van der Waals surface area contributed by atoms with Crippen molar-refractivity contribution in [3.63, 3.8) is 0 Å².